The molecule has 28 heavy (non-hydrogen) atoms. The van der Waals surface area contributed by atoms with Crippen LogP contribution in [0.2, 0.25) is 0 Å². The first-order chi connectivity index (χ1) is 13.7. The third-order valence-electron chi connectivity index (χ3n) is 4.32. The minimum atomic E-state index is -0.276. The van der Waals surface area contributed by atoms with Crippen molar-refractivity contribution >= 4 is 16.9 Å². The topological polar surface area (TPSA) is 90.0 Å². The van der Waals surface area contributed by atoms with Crippen LogP contribution in [0.1, 0.15) is 17.0 Å². The molecule has 0 unspecified atom stereocenters. The largest absolute Gasteiger partial charge is 0.451 e. The Morgan fingerprint density at radius 3 is 2.71 bits per heavy atom. The van der Waals surface area contributed by atoms with Crippen LogP contribution < -0.4 is 10.9 Å². The fourth-order valence-corrected chi connectivity index (χ4v) is 2.90. The van der Waals surface area contributed by atoms with Gasteiger partial charge in [0.15, 0.2) is 5.76 Å². The number of rotatable bonds is 6. The summed E-state index contributed by atoms with van der Waals surface area (Å²) >= 11 is 0. The second-order valence-electron chi connectivity index (χ2n) is 6.27. The molecule has 0 aliphatic rings. The number of aromatic nitrogens is 3. The average molecular weight is 374 g/mol. The predicted octanol–water partition coefficient (Wildman–Crippen LogP) is 2.87. The number of benzene rings is 1. The van der Waals surface area contributed by atoms with Gasteiger partial charge < -0.3 is 9.73 Å². The minimum Gasteiger partial charge on any atom is -0.451 e. The van der Waals surface area contributed by atoms with E-state index in [1.54, 1.807) is 24.5 Å². The Morgan fingerprint density at radius 2 is 1.89 bits per heavy atom. The van der Waals surface area contributed by atoms with Crippen molar-refractivity contribution in [1.29, 1.82) is 0 Å². The number of nitrogens with one attached hydrogen (secondary N) is 1. The second kappa shape index (κ2) is 7.87. The third kappa shape index (κ3) is 3.83. The van der Waals surface area contributed by atoms with Crippen molar-refractivity contribution in [3.63, 3.8) is 0 Å². The molecule has 4 aromatic rings. The van der Waals surface area contributed by atoms with Gasteiger partial charge in [-0.1, -0.05) is 18.2 Å². The van der Waals surface area contributed by atoms with Gasteiger partial charge in [0.2, 0.25) is 0 Å². The fraction of sp³-hybridized carbons (Fsp3) is 0.143. The van der Waals surface area contributed by atoms with Crippen molar-refractivity contribution in [2.45, 2.75) is 13.0 Å². The first-order valence-corrected chi connectivity index (χ1v) is 8.96. The minimum absolute atomic E-state index is 0.179. The lowest BCUT2D eigenvalue weighted by atomic mass is 10.2. The molecule has 0 aliphatic carbocycles. The van der Waals surface area contributed by atoms with E-state index in [9.17, 15) is 9.59 Å². The maximum Gasteiger partial charge on any atom is 0.287 e. The highest BCUT2D eigenvalue weighted by Gasteiger charge is 2.11. The van der Waals surface area contributed by atoms with E-state index in [2.05, 4.69) is 15.4 Å². The quantitative estimate of drug-likeness (QED) is 0.524. The number of carbonyl (C=O) groups excluding carboxylic acids is 1. The first-order valence-electron chi connectivity index (χ1n) is 8.96. The molecule has 0 atom stereocenters. The molecule has 0 saturated carbocycles. The van der Waals surface area contributed by atoms with Crippen molar-refractivity contribution in [1.82, 2.24) is 20.1 Å². The highest BCUT2D eigenvalue weighted by Crippen LogP contribution is 2.18. The molecule has 140 valence electrons. The lowest BCUT2D eigenvalue weighted by molar-refractivity contribution is 0.0927. The zero-order valence-corrected chi connectivity index (χ0v) is 15.0. The van der Waals surface area contributed by atoms with Crippen molar-refractivity contribution in [2.75, 3.05) is 6.54 Å². The van der Waals surface area contributed by atoms with Gasteiger partial charge in [-0.2, -0.15) is 5.10 Å². The summed E-state index contributed by atoms with van der Waals surface area (Å²) in [6, 6.07) is 16.0. The molecular formula is C21H18N4O3. The van der Waals surface area contributed by atoms with Crippen LogP contribution in [0.4, 0.5) is 0 Å². The zero-order valence-electron chi connectivity index (χ0n) is 15.0. The number of para-hydroxylation sites is 1. The average Bonchev–Trinajstić information content (AvgIpc) is 3.17. The standard InChI is InChI=1S/C21H18N4O3/c26-20-7-6-17(15-8-11-22-12-9-15)24-25(20)13-3-10-23-21(27)19-14-16-4-1-2-5-18(16)28-19/h1-2,4-9,11-12,14H,3,10,13H2,(H,23,27). The molecule has 1 N–H and O–H groups in total. The number of furan rings is 1. The summed E-state index contributed by atoms with van der Waals surface area (Å²) in [6.45, 7) is 0.807. The third-order valence-corrected chi connectivity index (χ3v) is 4.32. The highest BCUT2D eigenvalue weighted by molar-refractivity contribution is 5.96. The number of pyridine rings is 1. The number of fused-ring (bicyclic) bond motifs is 1. The second-order valence-corrected chi connectivity index (χ2v) is 6.27. The lowest BCUT2D eigenvalue weighted by Crippen LogP contribution is -2.27. The lowest BCUT2D eigenvalue weighted by Gasteiger charge is -2.07. The Hall–Kier alpha value is -3.74. The Balaban J connectivity index is 1.36. The maximum absolute atomic E-state index is 12.2. The Bertz CT molecular complexity index is 1130. The number of nitrogens with zero attached hydrogens (tertiary/aromatic N) is 3. The summed E-state index contributed by atoms with van der Waals surface area (Å²) in [5, 5.41) is 8.09. The van der Waals surface area contributed by atoms with Gasteiger partial charge in [0.25, 0.3) is 11.5 Å². The zero-order chi connectivity index (χ0) is 19.3. The van der Waals surface area contributed by atoms with E-state index in [0.29, 0.717) is 30.8 Å². The molecule has 0 aliphatic heterocycles. The van der Waals surface area contributed by atoms with Crippen LogP contribution in [-0.2, 0) is 6.54 Å². The van der Waals surface area contributed by atoms with E-state index in [-0.39, 0.29) is 17.2 Å². The molecule has 1 aromatic carbocycles. The fourth-order valence-electron chi connectivity index (χ4n) is 2.90. The van der Waals surface area contributed by atoms with E-state index >= 15 is 0 Å². The molecule has 4 rings (SSSR count). The van der Waals surface area contributed by atoms with Crippen LogP contribution in [0.15, 0.2) is 76.2 Å². The summed E-state index contributed by atoms with van der Waals surface area (Å²) in [7, 11) is 0. The number of aryl methyl sites for hydroxylation is 1. The molecule has 0 bridgehead atoms. The van der Waals surface area contributed by atoms with Gasteiger partial charge in [-0.25, -0.2) is 4.68 Å². The molecule has 0 spiro atoms. The van der Waals surface area contributed by atoms with E-state index in [1.165, 1.54) is 10.7 Å². The number of carbonyl (C=O) groups is 1. The Morgan fingerprint density at radius 1 is 1.07 bits per heavy atom. The summed E-state index contributed by atoms with van der Waals surface area (Å²) < 4.78 is 6.95. The molecule has 3 aromatic heterocycles. The van der Waals surface area contributed by atoms with Gasteiger partial charge in [-0.05, 0) is 36.8 Å². The van der Waals surface area contributed by atoms with Crippen LogP contribution in [0.3, 0.4) is 0 Å². The number of hydrogen-bond acceptors (Lipinski definition) is 5. The summed E-state index contributed by atoms with van der Waals surface area (Å²) in [4.78, 5) is 28.3. The molecule has 7 nitrogen and oxygen atoms in total. The molecule has 0 saturated heterocycles. The van der Waals surface area contributed by atoms with Gasteiger partial charge in [0.1, 0.15) is 5.58 Å². The summed E-state index contributed by atoms with van der Waals surface area (Å²) in [6.07, 6.45) is 3.93. The molecule has 1 amide bonds. The summed E-state index contributed by atoms with van der Waals surface area (Å²) in [5.41, 5.74) is 2.09. The molecule has 3 heterocycles. The van der Waals surface area contributed by atoms with Gasteiger partial charge >= 0.3 is 0 Å². The SMILES string of the molecule is O=C(NCCCn1nc(-c2ccncc2)ccc1=O)c1cc2ccccc2o1. The Kier molecular flexibility index (Phi) is 4.97. The van der Waals surface area contributed by atoms with Crippen molar-refractivity contribution < 1.29 is 9.21 Å². The van der Waals surface area contributed by atoms with E-state index in [4.69, 9.17) is 4.42 Å². The van der Waals surface area contributed by atoms with Crippen LogP contribution in [0.5, 0.6) is 0 Å². The normalized spacial score (nSPS) is 10.9. The van der Waals surface area contributed by atoms with E-state index < -0.39 is 0 Å². The van der Waals surface area contributed by atoms with Crippen LogP contribution >= 0.6 is 0 Å². The van der Waals surface area contributed by atoms with Gasteiger partial charge in [0, 0.05) is 42.5 Å². The monoisotopic (exact) mass is 374 g/mol. The first kappa shape index (κ1) is 17.7. The van der Waals surface area contributed by atoms with Gasteiger partial charge in [-0.3, -0.25) is 14.6 Å². The maximum atomic E-state index is 12.2. The van der Waals surface area contributed by atoms with E-state index in [1.807, 2.05) is 36.4 Å². The number of amides is 1. The van der Waals surface area contributed by atoms with Crippen LogP contribution in [0, 0.1) is 0 Å². The Labute approximate surface area is 160 Å². The van der Waals surface area contributed by atoms with Crippen molar-refractivity contribution in [3.05, 3.63) is 83.1 Å². The number of hydrogen-bond donors (Lipinski definition) is 1. The smallest absolute Gasteiger partial charge is 0.287 e. The summed E-state index contributed by atoms with van der Waals surface area (Å²) in [5.74, 6) is -0.00165. The molecule has 7 heteroatoms. The molecule has 0 fully saturated rings. The van der Waals surface area contributed by atoms with Crippen LogP contribution in [-0.4, -0.2) is 27.2 Å². The molecule has 0 radical (unpaired) electrons. The van der Waals surface area contributed by atoms with Crippen molar-refractivity contribution in [2.24, 2.45) is 0 Å². The van der Waals surface area contributed by atoms with E-state index in [0.717, 1.165) is 10.9 Å². The molecular weight excluding hydrogens is 356 g/mol. The van der Waals surface area contributed by atoms with Gasteiger partial charge in [-0.15, -0.1) is 0 Å². The van der Waals surface area contributed by atoms with Crippen LogP contribution in [0.25, 0.3) is 22.2 Å². The van der Waals surface area contributed by atoms with Crippen molar-refractivity contribution in [3.8, 4) is 11.3 Å². The highest BCUT2D eigenvalue weighted by atomic mass is 16.3. The van der Waals surface area contributed by atoms with Gasteiger partial charge in [0.05, 0.1) is 5.69 Å². The predicted molar refractivity (Wildman–Crippen MR) is 105 cm³/mol.